The molecule has 0 aromatic carbocycles. The van der Waals surface area contributed by atoms with Gasteiger partial charge in [0.15, 0.2) is 0 Å². The van der Waals surface area contributed by atoms with Gasteiger partial charge in [0.25, 0.3) is 0 Å². The summed E-state index contributed by atoms with van der Waals surface area (Å²) in [6.45, 7) is 4.47. The number of aromatic nitrogens is 2. The summed E-state index contributed by atoms with van der Waals surface area (Å²) in [7, 11) is 0. The third-order valence-corrected chi connectivity index (χ3v) is 5.49. The number of carbonyl (C=O) groups is 1. The number of aryl methyl sites for hydroxylation is 1. The van der Waals surface area contributed by atoms with Crippen LogP contribution in [0, 0.1) is 6.92 Å². The van der Waals surface area contributed by atoms with Crippen molar-refractivity contribution in [1.82, 2.24) is 9.97 Å². The van der Waals surface area contributed by atoms with E-state index in [9.17, 15) is 9.90 Å². The van der Waals surface area contributed by atoms with E-state index in [0.29, 0.717) is 23.8 Å². The van der Waals surface area contributed by atoms with Gasteiger partial charge in [-0.25, -0.2) is 14.8 Å². The molecule has 2 aromatic heterocycles. The van der Waals surface area contributed by atoms with E-state index in [1.54, 1.807) is 6.92 Å². The van der Waals surface area contributed by atoms with Crippen LogP contribution < -0.4 is 5.32 Å². The highest BCUT2D eigenvalue weighted by Gasteiger charge is 2.31. The summed E-state index contributed by atoms with van der Waals surface area (Å²) in [5.41, 5.74) is 0.163. The Balaban J connectivity index is 1.90. The van der Waals surface area contributed by atoms with Gasteiger partial charge in [-0.15, -0.1) is 11.3 Å². The van der Waals surface area contributed by atoms with Gasteiger partial charge in [-0.2, -0.15) is 0 Å². The first-order chi connectivity index (χ1) is 11.0. The lowest BCUT2D eigenvalue weighted by atomic mass is 10.0. The van der Waals surface area contributed by atoms with E-state index in [-0.39, 0.29) is 5.97 Å². The minimum Gasteiger partial charge on any atom is -0.462 e. The number of anilines is 1. The van der Waals surface area contributed by atoms with Crippen LogP contribution in [0.4, 0.5) is 5.82 Å². The first kappa shape index (κ1) is 16.1. The van der Waals surface area contributed by atoms with Gasteiger partial charge < -0.3 is 15.2 Å². The van der Waals surface area contributed by atoms with Gasteiger partial charge in [-0.3, -0.25) is 0 Å². The first-order valence-corrected chi connectivity index (χ1v) is 8.73. The van der Waals surface area contributed by atoms with Crippen LogP contribution in [-0.4, -0.2) is 39.8 Å². The van der Waals surface area contributed by atoms with Gasteiger partial charge in [0, 0.05) is 6.54 Å². The van der Waals surface area contributed by atoms with E-state index in [4.69, 9.17) is 4.74 Å². The monoisotopic (exact) mass is 335 g/mol. The maximum Gasteiger partial charge on any atom is 0.348 e. The lowest BCUT2D eigenvalue weighted by Crippen LogP contribution is -2.33. The molecule has 0 aliphatic heterocycles. The Labute approximate surface area is 138 Å². The summed E-state index contributed by atoms with van der Waals surface area (Å²) in [6.07, 6.45) is 5.22. The van der Waals surface area contributed by atoms with Crippen molar-refractivity contribution in [3.8, 4) is 0 Å². The lowest BCUT2D eigenvalue weighted by molar-refractivity contribution is 0.0531. The summed E-state index contributed by atoms with van der Waals surface area (Å²) in [6, 6.07) is 0. The van der Waals surface area contributed by atoms with Crippen molar-refractivity contribution in [2.75, 3.05) is 18.5 Å². The van der Waals surface area contributed by atoms with Crippen LogP contribution in [0.25, 0.3) is 10.2 Å². The molecule has 0 amide bonds. The minimum atomic E-state index is -0.662. The van der Waals surface area contributed by atoms with Crippen LogP contribution in [0.5, 0.6) is 0 Å². The molecule has 1 aliphatic carbocycles. The fraction of sp³-hybridized carbons (Fsp3) is 0.562. The number of ether oxygens (including phenoxy) is 1. The second kappa shape index (κ2) is 6.41. The molecule has 2 aromatic rings. The molecule has 0 bridgehead atoms. The summed E-state index contributed by atoms with van der Waals surface area (Å²) in [5.74, 6) is 0.341. The number of aliphatic hydroxyl groups is 1. The predicted molar refractivity (Wildman–Crippen MR) is 90.0 cm³/mol. The van der Waals surface area contributed by atoms with Crippen LogP contribution in [0.2, 0.25) is 0 Å². The fourth-order valence-electron chi connectivity index (χ4n) is 3.06. The Kier molecular flexibility index (Phi) is 4.50. The number of hydrogen-bond acceptors (Lipinski definition) is 7. The third-order valence-electron chi connectivity index (χ3n) is 4.31. The quantitative estimate of drug-likeness (QED) is 0.817. The van der Waals surface area contributed by atoms with Gasteiger partial charge in [0.05, 0.1) is 17.6 Å². The molecule has 2 heterocycles. The standard InChI is InChI=1S/C16H21N3O3S/c1-3-22-15(20)12-10(2)11-13(18-9-19-14(11)23-12)17-8-16(21)6-4-5-7-16/h9,21H,3-8H2,1-2H3,(H,17,18,19). The Morgan fingerprint density at radius 3 is 2.87 bits per heavy atom. The van der Waals surface area contributed by atoms with Crippen molar-refractivity contribution in [1.29, 1.82) is 0 Å². The molecule has 124 valence electrons. The fourth-order valence-corrected chi connectivity index (χ4v) is 4.10. The maximum atomic E-state index is 12.0. The molecule has 6 nitrogen and oxygen atoms in total. The second-order valence-corrected chi connectivity index (χ2v) is 6.96. The molecule has 1 aliphatic rings. The number of thiophene rings is 1. The van der Waals surface area contributed by atoms with Crippen molar-refractivity contribution in [2.45, 2.75) is 45.1 Å². The first-order valence-electron chi connectivity index (χ1n) is 7.91. The largest absolute Gasteiger partial charge is 0.462 e. The molecule has 0 atom stereocenters. The normalized spacial score (nSPS) is 16.7. The minimum absolute atomic E-state index is 0.326. The van der Waals surface area contributed by atoms with E-state index in [0.717, 1.165) is 41.5 Å². The number of hydrogen-bond donors (Lipinski definition) is 2. The number of rotatable bonds is 5. The molecular formula is C16H21N3O3S. The number of nitrogens with zero attached hydrogens (tertiary/aromatic N) is 2. The van der Waals surface area contributed by atoms with Gasteiger partial charge in [-0.05, 0) is 32.3 Å². The van der Waals surface area contributed by atoms with E-state index < -0.39 is 5.60 Å². The molecule has 2 N–H and O–H groups in total. The molecule has 23 heavy (non-hydrogen) atoms. The molecule has 7 heteroatoms. The highest BCUT2D eigenvalue weighted by atomic mass is 32.1. The third kappa shape index (κ3) is 3.16. The van der Waals surface area contributed by atoms with Crippen molar-refractivity contribution in [3.63, 3.8) is 0 Å². The van der Waals surface area contributed by atoms with Crippen LogP contribution in [-0.2, 0) is 4.74 Å². The van der Waals surface area contributed by atoms with E-state index in [1.165, 1.54) is 17.7 Å². The number of fused-ring (bicyclic) bond motifs is 1. The van der Waals surface area contributed by atoms with Crippen molar-refractivity contribution in [3.05, 3.63) is 16.8 Å². The van der Waals surface area contributed by atoms with Gasteiger partial charge in [0.2, 0.25) is 0 Å². The molecule has 0 unspecified atom stereocenters. The van der Waals surface area contributed by atoms with Crippen molar-refractivity contribution in [2.24, 2.45) is 0 Å². The molecule has 1 fully saturated rings. The number of esters is 1. The van der Waals surface area contributed by atoms with Crippen LogP contribution >= 0.6 is 11.3 Å². The highest BCUT2D eigenvalue weighted by molar-refractivity contribution is 7.20. The van der Waals surface area contributed by atoms with Crippen LogP contribution in [0.15, 0.2) is 6.33 Å². The SMILES string of the molecule is CCOC(=O)c1sc2ncnc(NCC3(O)CCCC3)c2c1C. The van der Waals surface area contributed by atoms with E-state index in [2.05, 4.69) is 15.3 Å². The van der Waals surface area contributed by atoms with Crippen molar-refractivity contribution >= 4 is 33.3 Å². The molecule has 0 spiro atoms. The highest BCUT2D eigenvalue weighted by Crippen LogP contribution is 2.35. The van der Waals surface area contributed by atoms with Gasteiger partial charge in [-0.1, -0.05) is 12.8 Å². The molecule has 1 saturated carbocycles. The zero-order valence-corrected chi connectivity index (χ0v) is 14.2. The summed E-state index contributed by atoms with van der Waals surface area (Å²) < 4.78 is 5.10. The zero-order valence-electron chi connectivity index (χ0n) is 13.4. The Bertz CT molecular complexity index is 723. The maximum absolute atomic E-state index is 12.0. The average Bonchev–Trinajstić information content (AvgIpc) is 3.11. The van der Waals surface area contributed by atoms with Crippen LogP contribution in [0.1, 0.15) is 47.8 Å². The van der Waals surface area contributed by atoms with Gasteiger partial charge >= 0.3 is 5.97 Å². The Morgan fingerprint density at radius 1 is 1.43 bits per heavy atom. The predicted octanol–water partition coefficient (Wildman–Crippen LogP) is 2.89. The summed E-state index contributed by atoms with van der Waals surface area (Å²) in [5, 5.41) is 14.6. The average molecular weight is 335 g/mol. The van der Waals surface area contributed by atoms with Crippen LogP contribution in [0.3, 0.4) is 0 Å². The Hall–Kier alpha value is -1.73. The molecule has 3 rings (SSSR count). The lowest BCUT2D eigenvalue weighted by Gasteiger charge is -2.22. The molecule has 0 saturated heterocycles. The van der Waals surface area contributed by atoms with E-state index in [1.807, 2.05) is 6.92 Å². The number of carbonyl (C=O) groups excluding carboxylic acids is 1. The summed E-state index contributed by atoms with van der Waals surface area (Å²) >= 11 is 1.32. The summed E-state index contributed by atoms with van der Waals surface area (Å²) in [4.78, 5) is 21.9. The number of nitrogens with one attached hydrogen (secondary N) is 1. The van der Waals surface area contributed by atoms with E-state index >= 15 is 0 Å². The topological polar surface area (TPSA) is 84.3 Å². The zero-order chi connectivity index (χ0) is 16.4. The smallest absolute Gasteiger partial charge is 0.348 e. The van der Waals surface area contributed by atoms with Gasteiger partial charge in [0.1, 0.15) is 21.9 Å². The Morgan fingerprint density at radius 2 is 2.17 bits per heavy atom. The molecular weight excluding hydrogens is 314 g/mol. The van der Waals surface area contributed by atoms with Crippen molar-refractivity contribution < 1.29 is 14.6 Å². The molecule has 0 radical (unpaired) electrons. The second-order valence-electron chi connectivity index (χ2n) is 5.96.